The molecule has 0 aliphatic carbocycles. The van der Waals surface area contributed by atoms with Crippen LogP contribution in [0.4, 0.5) is 8.78 Å². The molecule has 0 amide bonds. The van der Waals surface area contributed by atoms with Crippen LogP contribution in [0.25, 0.3) is 0 Å². The Morgan fingerprint density at radius 3 is 2.39 bits per heavy atom. The summed E-state index contributed by atoms with van der Waals surface area (Å²) in [6.45, 7) is -0.000463. The van der Waals surface area contributed by atoms with Gasteiger partial charge in [-0.1, -0.05) is 24.3 Å². The maximum Gasteiger partial charge on any atom is 0.191 e. The van der Waals surface area contributed by atoms with E-state index < -0.39 is 17.4 Å². The molecule has 0 fully saturated rings. The van der Waals surface area contributed by atoms with Gasteiger partial charge < -0.3 is 4.74 Å². The van der Waals surface area contributed by atoms with Crippen LogP contribution >= 0.6 is 0 Å². The van der Waals surface area contributed by atoms with Gasteiger partial charge in [0.25, 0.3) is 0 Å². The van der Waals surface area contributed by atoms with Crippen LogP contribution in [0.2, 0.25) is 0 Å². The lowest BCUT2D eigenvalue weighted by atomic mass is 10.1. The van der Waals surface area contributed by atoms with Crippen molar-refractivity contribution >= 4 is 6.29 Å². The molecule has 0 heterocycles. The number of rotatable bonds is 4. The van der Waals surface area contributed by atoms with E-state index in [-0.39, 0.29) is 6.61 Å². The van der Waals surface area contributed by atoms with E-state index >= 15 is 0 Å². The number of para-hydroxylation sites is 1. The Morgan fingerprint density at radius 2 is 1.72 bits per heavy atom. The van der Waals surface area contributed by atoms with Crippen molar-refractivity contribution in [2.24, 2.45) is 0 Å². The smallest absolute Gasteiger partial charge is 0.191 e. The van der Waals surface area contributed by atoms with Gasteiger partial charge in [0.15, 0.2) is 17.4 Å². The molecule has 4 heteroatoms. The first-order valence-electron chi connectivity index (χ1n) is 5.31. The van der Waals surface area contributed by atoms with Gasteiger partial charge in [0.2, 0.25) is 0 Å². The van der Waals surface area contributed by atoms with Crippen molar-refractivity contribution in [1.29, 1.82) is 0 Å². The highest BCUT2D eigenvalue weighted by molar-refractivity contribution is 5.74. The van der Waals surface area contributed by atoms with E-state index in [2.05, 4.69) is 0 Å². The third-order valence-electron chi connectivity index (χ3n) is 2.39. The van der Waals surface area contributed by atoms with Gasteiger partial charge in [0.05, 0.1) is 0 Å². The van der Waals surface area contributed by atoms with Gasteiger partial charge in [0.1, 0.15) is 12.9 Å². The number of ether oxygens (including phenoxy) is 1. The number of hydrogen-bond donors (Lipinski definition) is 0. The molecule has 2 aromatic carbocycles. The van der Waals surface area contributed by atoms with Gasteiger partial charge >= 0.3 is 0 Å². The summed E-state index contributed by atoms with van der Waals surface area (Å²) in [5.74, 6) is -1.91. The predicted molar refractivity (Wildman–Crippen MR) is 62.5 cm³/mol. The van der Waals surface area contributed by atoms with E-state index in [1.807, 2.05) is 0 Å². The number of halogens is 2. The second-order valence-electron chi connectivity index (χ2n) is 3.70. The molecule has 0 spiro atoms. The Kier molecular flexibility index (Phi) is 3.67. The van der Waals surface area contributed by atoms with Gasteiger partial charge in [-0.15, -0.1) is 0 Å². The fourth-order valence-corrected chi connectivity index (χ4v) is 1.53. The number of carbonyl (C=O) groups is 1. The van der Waals surface area contributed by atoms with Gasteiger partial charge in [-0.05, 0) is 23.8 Å². The van der Waals surface area contributed by atoms with E-state index in [0.29, 0.717) is 17.4 Å². The van der Waals surface area contributed by atoms with Crippen molar-refractivity contribution in [3.8, 4) is 5.75 Å². The number of benzene rings is 2. The van der Waals surface area contributed by atoms with Crippen molar-refractivity contribution < 1.29 is 18.3 Å². The molecule has 2 aromatic rings. The SMILES string of the molecule is O=Cc1cccc(COc2c(F)cccc2F)c1. The minimum absolute atomic E-state index is 0.000463. The van der Waals surface area contributed by atoms with Crippen LogP contribution in [-0.4, -0.2) is 6.29 Å². The highest BCUT2D eigenvalue weighted by atomic mass is 19.1. The molecule has 2 nitrogen and oxygen atoms in total. The largest absolute Gasteiger partial charge is 0.483 e. The van der Waals surface area contributed by atoms with Crippen LogP contribution in [0.5, 0.6) is 5.75 Å². The van der Waals surface area contributed by atoms with Crippen LogP contribution in [0.1, 0.15) is 15.9 Å². The Hall–Kier alpha value is -2.23. The lowest BCUT2D eigenvalue weighted by Gasteiger charge is -2.08. The van der Waals surface area contributed by atoms with Crippen molar-refractivity contribution in [3.05, 3.63) is 65.2 Å². The first kappa shape index (κ1) is 12.2. The molecule has 2 rings (SSSR count). The molecule has 0 saturated carbocycles. The first-order valence-corrected chi connectivity index (χ1v) is 5.31. The Morgan fingerprint density at radius 1 is 1.06 bits per heavy atom. The molecule has 0 aromatic heterocycles. The van der Waals surface area contributed by atoms with Gasteiger partial charge in [-0.25, -0.2) is 8.78 Å². The van der Waals surface area contributed by atoms with Crippen LogP contribution in [0.3, 0.4) is 0 Å². The normalized spacial score (nSPS) is 10.1. The molecule has 0 N–H and O–H groups in total. The fraction of sp³-hybridized carbons (Fsp3) is 0.0714. The first-order chi connectivity index (χ1) is 8.70. The molecule has 18 heavy (non-hydrogen) atoms. The Balaban J connectivity index is 2.13. The summed E-state index contributed by atoms with van der Waals surface area (Å²) in [6, 6.07) is 10.2. The zero-order chi connectivity index (χ0) is 13.0. The standard InChI is InChI=1S/C14H10F2O2/c15-12-5-2-6-13(16)14(12)18-9-11-4-1-3-10(7-11)8-17/h1-8H,9H2. The lowest BCUT2D eigenvalue weighted by molar-refractivity contribution is 0.112. The summed E-state index contributed by atoms with van der Waals surface area (Å²) in [6.07, 6.45) is 0.702. The molecule has 92 valence electrons. The van der Waals surface area contributed by atoms with E-state index in [9.17, 15) is 13.6 Å². The zero-order valence-corrected chi connectivity index (χ0v) is 9.40. The van der Waals surface area contributed by atoms with Crippen molar-refractivity contribution in [3.63, 3.8) is 0 Å². The van der Waals surface area contributed by atoms with Gasteiger partial charge in [-0.2, -0.15) is 0 Å². The average Bonchev–Trinajstić information content (AvgIpc) is 2.38. The van der Waals surface area contributed by atoms with Crippen LogP contribution in [-0.2, 0) is 6.61 Å². The van der Waals surface area contributed by atoms with Crippen molar-refractivity contribution in [2.75, 3.05) is 0 Å². The second-order valence-corrected chi connectivity index (χ2v) is 3.70. The van der Waals surface area contributed by atoms with Crippen LogP contribution in [0, 0.1) is 11.6 Å². The minimum atomic E-state index is -0.749. The molecule has 0 unspecified atom stereocenters. The molecule has 0 atom stereocenters. The predicted octanol–water partition coefficient (Wildman–Crippen LogP) is 3.36. The highest BCUT2D eigenvalue weighted by Crippen LogP contribution is 2.22. The lowest BCUT2D eigenvalue weighted by Crippen LogP contribution is -2.00. The maximum atomic E-state index is 13.3. The average molecular weight is 248 g/mol. The highest BCUT2D eigenvalue weighted by Gasteiger charge is 2.09. The van der Waals surface area contributed by atoms with E-state index in [0.717, 1.165) is 12.1 Å². The topological polar surface area (TPSA) is 26.3 Å². The summed E-state index contributed by atoms with van der Waals surface area (Å²) < 4.78 is 31.6. The summed E-state index contributed by atoms with van der Waals surface area (Å²) >= 11 is 0. The fourth-order valence-electron chi connectivity index (χ4n) is 1.53. The quantitative estimate of drug-likeness (QED) is 0.775. The van der Waals surface area contributed by atoms with Crippen LogP contribution in [0.15, 0.2) is 42.5 Å². The summed E-state index contributed by atoms with van der Waals surface area (Å²) in [7, 11) is 0. The molecule has 0 bridgehead atoms. The Labute approximate surface area is 103 Å². The number of carbonyl (C=O) groups excluding carboxylic acids is 1. The Bertz CT molecular complexity index is 547. The maximum absolute atomic E-state index is 13.3. The molecular weight excluding hydrogens is 238 g/mol. The second kappa shape index (κ2) is 5.40. The van der Waals surface area contributed by atoms with E-state index in [4.69, 9.17) is 4.74 Å². The summed E-state index contributed by atoms with van der Waals surface area (Å²) in [5, 5.41) is 0. The number of hydrogen-bond acceptors (Lipinski definition) is 2. The van der Waals surface area contributed by atoms with E-state index in [1.54, 1.807) is 24.3 Å². The molecular formula is C14H10F2O2. The van der Waals surface area contributed by atoms with Crippen molar-refractivity contribution in [2.45, 2.75) is 6.61 Å². The number of aldehydes is 1. The third kappa shape index (κ3) is 2.71. The van der Waals surface area contributed by atoms with E-state index in [1.165, 1.54) is 6.07 Å². The molecule has 0 aliphatic rings. The van der Waals surface area contributed by atoms with Crippen molar-refractivity contribution in [1.82, 2.24) is 0 Å². The minimum Gasteiger partial charge on any atom is -0.483 e. The molecule has 0 aliphatic heterocycles. The van der Waals surface area contributed by atoms with Gasteiger partial charge in [-0.3, -0.25) is 4.79 Å². The molecule has 0 radical (unpaired) electrons. The monoisotopic (exact) mass is 248 g/mol. The molecule has 0 saturated heterocycles. The van der Waals surface area contributed by atoms with Gasteiger partial charge in [0, 0.05) is 5.56 Å². The third-order valence-corrected chi connectivity index (χ3v) is 2.39. The van der Waals surface area contributed by atoms with Crippen LogP contribution < -0.4 is 4.74 Å². The summed E-state index contributed by atoms with van der Waals surface area (Å²) in [5.41, 5.74) is 1.16. The summed E-state index contributed by atoms with van der Waals surface area (Å²) in [4.78, 5) is 10.6. The zero-order valence-electron chi connectivity index (χ0n) is 9.40.